The van der Waals surface area contributed by atoms with Crippen molar-refractivity contribution in [1.29, 1.82) is 0 Å². The monoisotopic (exact) mass is 182 g/mol. The van der Waals surface area contributed by atoms with Crippen molar-refractivity contribution in [2.45, 2.75) is 39.5 Å². The lowest BCUT2D eigenvalue weighted by Crippen LogP contribution is -2.10. The second kappa shape index (κ2) is 7.35. The Kier molecular flexibility index (Phi) is 6.62. The van der Waals surface area contributed by atoms with Crippen LogP contribution in [0.2, 0.25) is 0 Å². The summed E-state index contributed by atoms with van der Waals surface area (Å²) in [7, 11) is 0. The molecule has 0 fully saturated rings. The van der Waals surface area contributed by atoms with Gasteiger partial charge in [-0.2, -0.15) is 0 Å². The van der Waals surface area contributed by atoms with Gasteiger partial charge in [0.05, 0.1) is 0 Å². The third kappa shape index (κ3) is 7.07. The molecule has 0 amide bonds. The van der Waals surface area contributed by atoms with Gasteiger partial charge in [0.1, 0.15) is 6.11 Å². The highest BCUT2D eigenvalue weighted by molar-refractivity contribution is 6.32. The van der Waals surface area contributed by atoms with E-state index in [9.17, 15) is 9.59 Å². The molecule has 0 N–H and O–H groups in total. The molecule has 0 radical (unpaired) electrons. The molecule has 0 aliphatic heterocycles. The van der Waals surface area contributed by atoms with Crippen LogP contribution in [0.25, 0.3) is 0 Å². The first-order chi connectivity index (χ1) is 6.18. The van der Waals surface area contributed by atoms with Gasteiger partial charge < -0.3 is 4.74 Å². The molecule has 0 atom stereocenters. The number of carbonyl (C=O) groups is 2. The molecule has 3 heteroatoms. The highest BCUT2D eigenvalue weighted by atomic mass is 16.5. The number of rotatable bonds is 4. The molecule has 13 heavy (non-hydrogen) atoms. The standard InChI is InChI=1S/C10H14O3/c1-3-4-5-6-7-8-13-10(12)9(2)11/h3-6H2,1-2H3. The van der Waals surface area contributed by atoms with Gasteiger partial charge in [-0.1, -0.05) is 25.7 Å². The van der Waals surface area contributed by atoms with Gasteiger partial charge in [-0.3, -0.25) is 4.79 Å². The summed E-state index contributed by atoms with van der Waals surface area (Å²) >= 11 is 0. The Morgan fingerprint density at radius 3 is 2.54 bits per heavy atom. The van der Waals surface area contributed by atoms with Crippen LogP contribution in [0, 0.1) is 12.0 Å². The molecule has 0 aromatic heterocycles. The summed E-state index contributed by atoms with van der Waals surface area (Å²) < 4.78 is 4.33. The maximum Gasteiger partial charge on any atom is 0.388 e. The van der Waals surface area contributed by atoms with Gasteiger partial charge in [0.25, 0.3) is 0 Å². The molecule has 0 bridgehead atoms. The van der Waals surface area contributed by atoms with E-state index in [-0.39, 0.29) is 0 Å². The van der Waals surface area contributed by atoms with E-state index in [2.05, 4.69) is 23.7 Å². The van der Waals surface area contributed by atoms with Crippen molar-refractivity contribution >= 4 is 11.8 Å². The minimum atomic E-state index is -0.886. The van der Waals surface area contributed by atoms with Crippen LogP contribution in [0.3, 0.4) is 0 Å². The Labute approximate surface area is 78.5 Å². The Hall–Kier alpha value is -1.30. The van der Waals surface area contributed by atoms with Crippen LogP contribution in [0.5, 0.6) is 0 Å². The first-order valence-electron chi connectivity index (χ1n) is 4.38. The molecule has 0 saturated heterocycles. The predicted octanol–water partition coefficient (Wildman–Crippen LogP) is 1.66. The second-order valence-electron chi connectivity index (χ2n) is 2.68. The number of ether oxygens (including phenoxy) is 1. The lowest BCUT2D eigenvalue weighted by Gasteiger charge is -1.89. The highest BCUT2D eigenvalue weighted by Crippen LogP contribution is 1.96. The van der Waals surface area contributed by atoms with E-state index in [1.807, 2.05) is 0 Å². The number of hydrogen-bond donors (Lipinski definition) is 0. The molecular weight excluding hydrogens is 168 g/mol. The quantitative estimate of drug-likeness (QED) is 0.287. The van der Waals surface area contributed by atoms with Crippen molar-refractivity contribution in [2.75, 3.05) is 0 Å². The Morgan fingerprint density at radius 1 is 1.31 bits per heavy atom. The van der Waals surface area contributed by atoms with Crippen LogP contribution in [-0.2, 0) is 14.3 Å². The zero-order valence-corrected chi connectivity index (χ0v) is 8.05. The van der Waals surface area contributed by atoms with Crippen molar-refractivity contribution < 1.29 is 14.3 Å². The van der Waals surface area contributed by atoms with E-state index >= 15 is 0 Å². The molecule has 0 aromatic carbocycles. The predicted molar refractivity (Wildman–Crippen MR) is 48.7 cm³/mol. The highest BCUT2D eigenvalue weighted by Gasteiger charge is 2.06. The third-order valence-electron chi connectivity index (χ3n) is 1.41. The van der Waals surface area contributed by atoms with Crippen LogP contribution < -0.4 is 0 Å². The minimum Gasteiger partial charge on any atom is -0.366 e. The zero-order chi connectivity index (χ0) is 10.1. The smallest absolute Gasteiger partial charge is 0.366 e. The molecule has 0 heterocycles. The SMILES string of the molecule is CCCCCC#COC(=O)C(C)=O. The fourth-order valence-electron chi connectivity index (χ4n) is 0.669. The van der Waals surface area contributed by atoms with Crippen molar-refractivity contribution in [3.63, 3.8) is 0 Å². The lowest BCUT2D eigenvalue weighted by atomic mass is 10.2. The summed E-state index contributed by atoms with van der Waals surface area (Å²) in [5, 5.41) is 0. The summed E-state index contributed by atoms with van der Waals surface area (Å²) in [6.07, 6.45) is 6.17. The average molecular weight is 182 g/mol. The molecule has 0 aromatic rings. The summed E-state index contributed by atoms with van der Waals surface area (Å²) in [4.78, 5) is 20.9. The molecule has 0 spiro atoms. The maximum absolute atomic E-state index is 10.6. The number of unbranched alkanes of at least 4 members (excludes halogenated alkanes) is 3. The number of ketones is 1. The Morgan fingerprint density at radius 2 is 2.00 bits per heavy atom. The largest absolute Gasteiger partial charge is 0.388 e. The molecule has 0 aliphatic rings. The third-order valence-corrected chi connectivity index (χ3v) is 1.41. The van der Waals surface area contributed by atoms with Crippen molar-refractivity contribution in [3.8, 4) is 12.0 Å². The summed E-state index contributed by atoms with van der Waals surface area (Å²) in [5.74, 6) is 1.15. The Bertz CT molecular complexity index is 232. The van der Waals surface area contributed by atoms with Crippen LogP contribution in [0.1, 0.15) is 39.5 Å². The number of hydrogen-bond acceptors (Lipinski definition) is 3. The summed E-state index contributed by atoms with van der Waals surface area (Å²) in [6.45, 7) is 3.25. The van der Waals surface area contributed by atoms with Gasteiger partial charge in [-0.05, 0) is 6.42 Å². The molecule has 0 rings (SSSR count). The van der Waals surface area contributed by atoms with E-state index in [0.717, 1.165) is 26.2 Å². The molecule has 0 unspecified atom stereocenters. The first-order valence-corrected chi connectivity index (χ1v) is 4.38. The van der Waals surface area contributed by atoms with E-state index in [1.165, 1.54) is 0 Å². The lowest BCUT2D eigenvalue weighted by molar-refractivity contribution is -0.147. The van der Waals surface area contributed by atoms with Crippen LogP contribution in [0.15, 0.2) is 0 Å². The second-order valence-corrected chi connectivity index (χ2v) is 2.68. The van der Waals surface area contributed by atoms with Gasteiger partial charge >= 0.3 is 5.97 Å². The van der Waals surface area contributed by atoms with Crippen LogP contribution in [0.4, 0.5) is 0 Å². The van der Waals surface area contributed by atoms with E-state index in [1.54, 1.807) is 0 Å². The number of carbonyl (C=O) groups excluding carboxylic acids is 2. The van der Waals surface area contributed by atoms with E-state index < -0.39 is 11.8 Å². The number of esters is 1. The van der Waals surface area contributed by atoms with Crippen molar-refractivity contribution in [2.24, 2.45) is 0 Å². The number of Topliss-reactive ketones (excluding diaryl/α,β-unsaturated/α-hetero) is 1. The minimum absolute atomic E-state index is 0.622. The first kappa shape index (κ1) is 11.7. The summed E-state index contributed by atoms with van der Waals surface area (Å²) in [5.41, 5.74) is 0. The van der Waals surface area contributed by atoms with Crippen LogP contribution >= 0.6 is 0 Å². The van der Waals surface area contributed by atoms with Crippen molar-refractivity contribution in [1.82, 2.24) is 0 Å². The summed E-state index contributed by atoms with van der Waals surface area (Å²) in [6, 6.07) is 0. The van der Waals surface area contributed by atoms with Gasteiger partial charge in [0.15, 0.2) is 0 Å². The molecule has 0 aliphatic carbocycles. The van der Waals surface area contributed by atoms with E-state index in [0.29, 0.717) is 6.42 Å². The van der Waals surface area contributed by atoms with Crippen molar-refractivity contribution in [3.05, 3.63) is 0 Å². The van der Waals surface area contributed by atoms with Gasteiger partial charge in [0, 0.05) is 13.3 Å². The van der Waals surface area contributed by atoms with E-state index in [4.69, 9.17) is 0 Å². The molecular formula is C10H14O3. The van der Waals surface area contributed by atoms with Gasteiger partial charge in [0.2, 0.25) is 5.78 Å². The van der Waals surface area contributed by atoms with Gasteiger partial charge in [-0.15, -0.1) is 0 Å². The van der Waals surface area contributed by atoms with Gasteiger partial charge in [-0.25, -0.2) is 4.79 Å². The fraction of sp³-hybridized carbons (Fsp3) is 0.600. The Balaban J connectivity index is 3.50. The fourth-order valence-corrected chi connectivity index (χ4v) is 0.669. The topological polar surface area (TPSA) is 43.4 Å². The normalized spacial score (nSPS) is 8.46. The molecule has 3 nitrogen and oxygen atoms in total. The average Bonchev–Trinajstić information content (AvgIpc) is 2.10. The zero-order valence-electron chi connectivity index (χ0n) is 8.05. The molecule has 72 valence electrons. The maximum atomic E-state index is 10.6. The van der Waals surface area contributed by atoms with Crippen LogP contribution in [-0.4, -0.2) is 11.8 Å². The molecule has 0 saturated carbocycles.